The molecule has 0 saturated carbocycles. The van der Waals surface area contributed by atoms with Crippen LogP contribution < -0.4 is 5.73 Å². The summed E-state index contributed by atoms with van der Waals surface area (Å²) in [5.41, 5.74) is 9.86. The van der Waals surface area contributed by atoms with E-state index in [1.165, 1.54) is 23.5 Å². The van der Waals surface area contributed by atoms with E-state index in [1.54, 1.807) is 19.1 Å². The summed E-state index contributed by atoms with van der Waals surface area (Å²) in [7, 11) is 0. The third-order valence-electron chi connectivity index (χ3n) is 5.54. The molecule has 0 atom stereocenters. The second-order valence-corrected chi connectivity index (χ2v) is 10.2. The number of nitrogens with two attached hydrogens (primary N) is 1. The van der Waals surface area contributed by atoms with Gasteiger partial charge in [-0.15, -0.1) is 33.1 Å². The molecule has 0 aliphatic carbocycles. The Morgan fingerprint density at radius 1 is 1.09 bits per heavy atom. The maximum Gasteiger partial charge on any atom is 0.251 e. The molecule has 0 spiro atoms. The fraction of sp³-hybridized carbons (Fsp3) is 0.308. The van der Waals surface area contributed by atoms with Crippen molar-refractivity contribution in [3.05, 3.63) is 75.5 Å². The first-order chi connectivity index (χ1) is 16.8. The van der Waals surface area contributed by atoms with Crippen LogP contribution in [-0.4, -0.2) is 21.1 Å². The average molecular weight is 513 g/mol. The normalized spacial score (nSPS) is 11.4. The van der Waals surface area contributed by atoms with E-state index in [2.05, 4.69) is 24.0 Å². The molecule has 0 bridgehead atoms. The minimum Gasteiger partial charge on any atom is -0.421 e. The lowest BCUT2D eigenvalue weighted by Crippen LogP contribution is -2.20. The Morgan fingerprint density at radius 3 is 2.40 bits per heavy atom. The molecule has 1 aromatic carbocycles. The number of hydrogen-bond acceptors (Lipinski definition) is 6. The fourth-order valence-electron chi connectivity index (χ4n) is 4.04. The van der Waals surface area contributed by atoms with Gasteiger partial charge in [0.05, 0.1) is 28.4 Å². The van der Waals surface area contributed by atoms with Crippen molar-refractivity contribution in [1.29, 1.82) is 0 Å². The maximum absolute atomic E-state index is 13.4. The minimum atomic E-state index is -0.563. The second-order valence-electron chi connectivity index (χ2n) is 8.74. The predicted octanol–water partition coefficient (Wildman–Crippen LogP) is 6.13. The molecule has 6 nitrogen and oxygen atoms in total. The summed E-state index contributed by atoms with van der Waals surface area (Å²) in [6, 6.07) is 10.3. The van der Waals surface area contributed by atoms with Crippen molar-refractivity contribution in [2.24, 2.45) is 11.7 Å². The number of rotatable bonds is 9. The number of thiophene rings is 1. The first kappa shape index (κ1) is 25.0. The Morgan fingerprint density at radius 2 is 1.83 bits per heavy atom. The van der Waals surface area contributed by atoms with E-state index in [-0.39, 0.29) is 17.6 Å². The highest BCUT2D eigenvalue weighted by Gasteiger charge is 2.28. The Bertz CT molecular complexity index is 1350. The molecule has 0 fully saturated rings. The average Bonchev–Trinajstić information content (AvgIpc) is 3.46. The van der Waals surface area contributed by atoms with Crippen molar-refractivity contribution in [3.63, 3.8) is 0 Å². The van der Waals surface area contributed by atoms with Gasteiger partial charge in [-0.05, 0) is 55.0 Å². The van der Waals surface area contributed by atoms with Gasteiger partial charge in [0, 0.05) is 22.2 Å². The highest BCUT2D eigenvalue weighted by molar-refractivity contribution is 7.15. The molecule has 3 heterocycles. The predicted molar refractivity (Wildman–Crippen MR) is 136 cm³/mol. The van der Waals surface area contributed by atoms with Crippen LogP contribution in [0.2, 0.25) is 0 Å². The highest BCUT2D eigenvalue weighted by atomic mass is 35.5. The summed E-state index contributed by atoms with van der Waals surface area (Å²) in [4.78, 5) is 19.6. The zero-order valence-electron chi connectivity index (χ0n) is 19.8. The van der Waals surface area contributed by atoms with Gasteiger partial charge in [-0.3, -0.25) is 9.78 Å². The van der Waals surface area contributed by atoms with Gasteiger partial charge in [-0.1, -0.05) is 26.0 Å². The molecule has 0 saturated heterocycles. The van der Waals surface area contributed by atoms with E-state index in [4.69, 9.17) is 26.7 Å². The molecule has 182 valence electrons. The van der Waals surface area contributed by atoms with E-state index in [1.807, 2.05) is 12.1 Å². The third kappa shape index (κ3) is 5.60. The van der Waals surface area contributed by atoms with Crippen molar-refractivity contribution in [2.45, 2.75) is 45.9 Å². The van der Waals surface area contributed by atoms with Crippen molar-refractivity contribution in [2.75, 3.05) is 0 Å². The van der Waals surface area contributed by atoms with E-state index in [9.17, 15) is 9.18 Å². The molecule has 3 aromatic heterocycles. The largest absolute Gasteiger partial charge is 0.421 e. The third-order valence-corrected chi connectivity index (χ3v) is 7.09. The Kier molecular flexibility index (Phi) is 7.62. The van der Waals surface area contributed by atoms with Crippen LogP contribution in [-0.2, 0) is 25.1 Å². The summed E-state index contributed by atoms with van der Waals surface area (Å²) in [5.74, 6) is 0.429. The smallest absolute Gasteiger partial charge is 0.251 e. The van der Waals surface area contributed by atoms with E-state index in [0.717, 1.165) is 21.0 Å². The molecule has 0 radical (unpaired) electrons. The Hall–Kier alpha value is -3.10. The van der Waals surface area contributed by atoms with Gasteiger partial charge >= 0.3 is 0 Å². The molecule has 4 rings (SSSR count). The fourth-order valence-corrected chi connectivity index (χ4v) is 5.21. The number of amides is 1. The number of pyridine rings is 1. The number of carbonyl (C=O) groups excluding carboxylic acids is 1. The first-order valence-corrected chi connectivity index (χ1v) is 12.7. The van der Waals surface area contributed by atoms with Crippen LogP contribution in [0.25, 0.3) is 21.9 Å². The molecular formula is C26H26ClFN4O2S. The van der Waals surface area contributed by atoms with Crippen LogP contribution in [0.5, 0.6) is 0 Å². The van der Waals surface area contributed by atoms with Crippen LogP contribution >= 0.6 is 22.9 Å². The van der Waals surface area contributed by atoms with Gasteiger partial charge in [0.2, 0.25) is 11.8 Å². The lowest BCUT2D eigenvalue weighted by Gasteiger charge is -2.19. The summed E-state index contributed by atoms with van der Waals surface area (Å²) in [5, 5.41) is 8.28. The molecule has 0 aliphatic rings. The van der Waals surface area contributed by atoms with Gasteiger partial charge < -0.3 is 10.2 Å². The molecule has 0 unspecified atom stereocenters. The second kappa shape index (κ2) is 10.7. The van der Waals surface area contributed by atoms with Crippen LogP contribution in [0.1, 0.15) is 51.9 Å². The highest BCUT2D eigenvalue weighted by Crippen LogP contribution is 2.42. The maximum atomic E-state index is 13.4. The van der Waals surface area contributed by atoms with Crippen LogP contribution in [0, 0.1) is 18.7 Å². The summed E-state index contributed by atoms with van der Waals surface area (Å²) >= 11 is 7.58. The minimum absolute atomic E-state index is 0.247. The van der Waals surface area contributed by atoms with Crippen LogP contribution in [0.15, 0.2) is 40.8 Å². The summed E-state index contributed by atoms with van der Waals surface area (Å²) in [6.07, 6.45) is 1.71. The van der Waals surface area contributed by atoms with Crippen molar-refractivity contribution >= 4 is 28.8 Å². The quantitative estimate of drug-likeness (QED) is 0.272. The van der Waals surface area contributed by atoms with E-state index < -0.39 is 5.91 Å². The number of carbonyl (C=O) groups is 1. The Labute approximate surface area is 212 Å². The number of benzene rings is 1. The zero-order chi connectivity index (χ0) is 25.1. The van der Waals surface area contributed by atoms with E-state index in [0.29, 0.717) is 53.4 Å². The number of aryl methyl sites for hydroxylation is 3. The van der Waals surface area contributed by atoms with Crippen molar-refractivity contribution in [1.82, 2.24) is 15.2 Å². The van der Waals surface area contributed by atoms with Gasteiger partial charge in [-0.2, -0.15) is 0 Å². The number of aromatic nitrogens is 3. The van der Waals surface area contributed by atoms with Gasteiger partial charge in [0.15, 0.2) is 0 Å². The van der Waals surface area contributed by atoms with E-state index >= 15 is 0 Å². The van der Waals surface area contributed by atoms with Crippen LogP contribution in [0.4, 0.5) is 4.39 Å². The monoisotopic (exact) mass is 512 g/mol. The molecule has 0 aliphatic heterocycles. The molecule has 2 N–H and O–H groups in total. The molecule has 1 amide bonds. The van der Waals surface area contributed by atoms with Gasteiger partial charge in [-0.25, -0.2) is 4.39 Å². The number of halogens is 2. The summed E-state index contributed by atoms with van der Waals surface area (Å²) < 4.78 is 19.3. The number of primary amides is 1. The SMILES string of the molecule is Cc1nnc(-c2c(CCc3ccc(F)cc3)nc(CC(C)C)c(C(N)=O)c2-c2ccc(CCl)s2)o1. The Balaban J connectivity index is 1.98. The van der Waals surface area contributed by atoms with Crippen molar-refractivity contribution < 1.29 is 13.6 Å². The summed E-state index contributed by atoms with van der Waals surface area (Å²) in [6.45, 7) is 5.84. The van der Waals surface area contributed by atoms with Crippen molar-refractivity contribution in [3.8, 4) is 21.9 Å². The topological polar surface area (TPSA) is 94.9 Å². The molecule has 4 aromatic rings. The number of hydrogen-bond donors (Lipinski definition) is 1. The zero-order valence-corrected chi connectivity index (χ0v) is 21.3. The van der Waals surface area contributed by atoms with Gasteiger partial charge in [0.25, 0.3) is 5.91 Å². The molecule has 35 heavy (non-hydrogen) atoms. The molecular weight excluding hydrogens is 487 g/mol. The lowest BCUT2D eigenvalue weighted by atomic mass is 9.91. The number of alkyl halides is 1. The first-order valence-electron chi connectivity index (χ1n) is 11.3. The van der Waals surface area contributed by atoms with Gasteiger partial charge in [0.1, 0.15) is 5.82 Å². The number of nitrogens with zero attached hydrogens (tertiary/aromatic N) is 3. The standard InChI is InChI=1S/C26H26ClFN4O2S/c1-14(2)12-20-22(25(29)33)24(21-11-9-18(13-27)35-21)23(26-32-31-15(3)34-26)19(30-20)10-6-16-4-7-17(28)8-5-16/h4-5,7-9,11,14H,6,10,12-13H2,1-3H3,(H2,29,33). The molecule has 9 heteroatoms. The lowest BCUT2D eigenvalue weighted by molar-refractivity contribution is 0.0999. The van der Waals surface area contributed by atoms with Crippen LogP contribution in [0.3, 0.4) is 0 Å².